The molecule has 0 heterocycles. The van der Waals surface area contributed by atoms with E-state index >= 15 is 0 Å². The van der Waals surface area contributed by atoms with Crippen LogP contribution in [0.3, 0.4) is 0 Å². The Morgan fingerprint density at radius 2 is 1.70 bits per heavy atom. The summed E-state index contributed by atoms with van der Waals surface area (Å²) in [4.78, 5) is 0. The van der Waals surface area contributed by atoms with E-state index in [1.54, 1.807) is 20.4 Å². The van der Waals surface area contributed by atoms with E-state index in [4.69, 9.17) is 9.47 Å². The minimum Gasteiger partial charge on any atom is -0.493 e. The fourth-order valence-corrected chi connectivity index (χ4v) is 2.08. The topological polar surface area (TPSA) is 42.8 Å². The van der Waals surface area contributed by atoms with E-state index < -0.39 is 0 Å². The van der Waals surface area contributed by atoms with Crippen LogP contribution in [0.5, 0.6) is 11.5 Å². The van der Waals surface area contributed by atoms with Crippen molar-refractivity contribution in [3.8, 4) is 11.5 Å². The standard InChI is InChI=1S/C15H15BrN2O2/c1-19-14-8-11(13(16)9-15(14)20-2)10-17-18-12-6-4-3-5-7-12/h3-10,18H,1-2H3. The Hall–Kier alpha value is -2.01. The Labute approximate surface area is 126 Å². The lowest BCUT2D eigenvalue weighted by molar-refractivity contribution is 0.354. The number of hydrogen-bond donors (Lipinski definition) is 1. The van der Waals surface area contributed by atoms with Crippen LogP contribution in [0.25, 0.3) is 0 Å². The lowest BCUT2D eigenvalue weighted by Crippen LogP contribution is -1.95. The predicted octanol–water partition coefficient (Wildman–Crippen LogP) is 3.91. The molecule has 0 saturated carbocycles. The number of para-hydroxylation sites is 1. The zero-order valence-electron chi connectivity index (χ0n) is 11.3. The van der Waals surface area contributed by atoms with Gasteiger partial charge in [-0.25, -0.2) is 0 Å². The van der Waals surface area contributed by atoms with E-state index in [2.05, 4.69) is 26.5 Å². The van der Waals surface area contributed by atoms with Crippen LogP contribution in [0.1, 0.15) is 5.56 Å². The van der Waals surface area contributed by atoms with E-state index in [-0.39, 0.29) is 0 Å². The molecule has 20 heavy (non-hydrogen) atoms. The van der Waals surface area contributed by atoms with Gasteiger partial charge in [-0.3, -0.25) is 5.43 Å². The van der Waals surface area contributed by atoms with Crippen LogP contribution in [0.4, 0.5) is 5.69 Å². The summed E-state index contributed by atoms with van der Waals surface area (Å²) < 4.78 is 11.4. The number of hydrazone groups is 1. The number of hydrogen-bond acceptors (Lipinski definition) is 4. The molecule has 0 amide bonds. The van der Waals surface area contributed by atoms with Crippen LogP contribution >= 0.6 is 15.9 Å². The molecule has 0 spiro atoms. The summed E-state index contributed by atoms with van der Waals surface area (Å²) in [7, 11) is 3.21. The molecule has 0 atom stereocenters. The van der Waals surface area contributed by atoms with E-state index in [1.807, 2.05) is 42.5 Å². The molecule has 2 aromatic carbocycles. The van der Waals surface area contributed by atoms with Crippen molar-refractivity contribution >= 4 is 27.8 Å². The third-order valence-electron chi connectivity index (χ3n) is 2.67. The molecule has 2 rings (SSSR count). The van der Waals surface area contributed by atoms with E-state index in [0.29, 0.717) is 11.5 Å². The van der Waals surface area contributed by atoms with Crippen LogP contribution in [0, 0.1) is 0 Å². The van der Waals surface area contributed by atoms with Crippen LogP contribution < -0.4 is 14.9 Å². The second-order valence-corrected chi connectivity index (χ2v) is 4.82. The molecule has 0 fully saturated rings. The van der Waals surface area contributed by atoms with Gasteiger partial charge >= 0.3 is 0 Å². The largest absolute Gasteiger partial charge is 0.493 e. The minimum atomic E-state index is 0.664. The van der Waals surface area contributed by atoms with Gasteiger partial charge in [0.15, 0.2) is 11.5 Å². The van der Waals surface area contributed by atoms with Gasteiger partial charge < -0.3 is 9.47 Å². The van der Waals surface area contributed by atoms with Gasteiger partial charge in [0.1, 0.15) is 0 Å². The van der Waals surface area contributed by atoms with Crippen molar-refractivity contribution in [3.63, 3.8) is 0 Å². The fourth-order valence-electron chi connectivity index (χ4n) is 1.66. The molecule has 0 aliphatic heterocycles. The van der Waals surface area contributed by atoms with Crippen LogP contribution in [-0.4, -0.2) is 20.4 Å². The summed E-state index contributed by atoms with van der Waals surface area (Å²) in [6.07, 6.45) is 1.72. The molecular formula is C15H15BrN2O2. The second kappa shape index (κ2) is 6.96. The molecule has 0 unspecified atom stereocenters. The number of ether oxygens (including phenoxy) is 2. The Morgan fingerprint density at radius 1 is 1.05 bits per heavy atom. The minimum absolute atomic E-state index is 0.664. The van der Waals surface area contributed by atoms with Gasteiger partial charge in [-0.15, -0.1) is 0 Å². The number of nitrogens with zero attached hydrogens (tertiary/aromatic N) is 1. The van der Waals surface area contributed by atoms with Crippen molar-refractivity contribution in [2.45, 2.75) is 0 Å². The zero-order valence-corrected chi connectivity index (χ0v) is 12.8. The molecular weight excluding hydrogens is 320 g/mol. The van der Waals surface area contributed by atoms with Crippen LogP contribution in [-0.2, 0) is 0 Å². The summed E-state index contributed by atoms with van der Waals surface area (Å²) in [6.45, 7) is 0. The average Bonchev–Trinajstić information content (AvgIpc) is 2.49. The van der Waals surface area contributed by atoms with E-state index in [0.717, 1.165) is 15.7 Å². The fraction of sp³-hybridized carbons (Fsp3) is 0.133. The first-order chi connectivity index (χ1) is 9.74. The predicted molar refractivity (Wildman–Crippen MR) is 84.9 cm³/mol. The summed E-state index contributed by atoms with van der Waals surface area (Å²) >= 11 is 3.48. The number of rotatable bonds is 5. The SMILES string of the molecule is COc1cc(Br)c(C=NNc2ccccc2)cc1OC. The third kappa shape index (κ3) is 3.51. The normalized spacial score (nSPS) is 10.6. The molecule has 0 saturated heterocycles. The first-order valence-electron chi connectivity index (χ1n) is 6.00. The highest BCUT2D eigenvalue weighted by Crippen LogP contribution is 2.32. The maximum atomic E-state index is 5.27. The monoisotopic (exact) mass is 334 g/mol. The lowest BCUT2D eigenvalue weighted by Gasteiger charge is -2.09. The van der Waals surface area contributed by atoms with Gasteiger partial charge in [-0.1, -0.05) is 18.2 Å². The van der Waals surface area contributed by atoms with E-state index in [1.165, 1.54) is 0 Å². The van der Waals surface area contributed by atoms with Gasteiger partial charge in [-0.05, 0) is 40.2 Å². The van der Waals surface area contributed by atoms with Gasteiger partial charge in [0.05, 0.1) is 26.1 Å². The first-order valence-corrected chi connectivity index (χ1v) is 6.79. The lowest BCUT2D eigenvalue weighted by atomic mass is 10.2. The van der Waals surface area contributed by atoms with E-state index in [9.17, 15) is 0 Å². The van der Waals surface area contributed by atoms with Gasteiger partial charge in [0, 0.05) is 10.0 Å². The number of benzene rings is 2. The molecule has 0 bridgehead atoms. The molecule has 0 aromatic heterocycles. The van der Waals surface area contributed by atoms with Crippen molar-refractivity contribution < 1.29 is 9.47 Å². The molecule has 1 N–H and O–H groups in total. The Balaban J connectivity index is 2.16. The Morgan fingerprint density at radius 3 is 2.35 bits per heavy atom. The first kappa shape index (κ1) is 14.4. The number of halogens is 1. The van der Waals surface area contributed by atoms with Gasteiger partial charge in [-0.2, -0.15) is 5.10 Å². The van der Waals surface area contributed by atoms with Crippen molar-refractivity contribution in [1.29, 1.82) is 0 Å². The summed E-state index contributed by atoms with van der Waals surface area (Å²) in [5.41, 5.74) is 4.79. The van der Waals surface area contributed by atoms with Crippen molar-refractivity contribution in [3.05, 3.63) is 52.5 Å². The molecule has 5 heteroatoms. The third-order valence-corrected chi connectivity index (χ3v) is 3.36. The molecule has 0 aliphatic rings. The van der Waals surface area contributed by atoms with Gasteiger partial charge in [0.2, 0.25) is 0 Å². The highest BCUT2D eigenvalue weighted by molar-refractivity contribution is 9.10. The average molecular weight is 335 g/mol. The highest BCUT2D eigenvalue weighted by Gasteiger charge is 2.07. The molecule has 2 aromatic rings. The van der Waals surface area contributed by atoms with Crippen LogP contribution in [0.15, 0.2) is 52.0 Å². The number of nitrogens with one attached hydrogen (secondary N) is 1. The van der Waals surface area contributed by atoms with Crippen molar-refractivity contribution in [1.82, 2.24) is 0 Å². The quantitative estimate of drug-likeness (QED) is 0.665. The van der Waals surface area contributed by atoms with Gasteiger partial charge in [0.25, 0.3) is 0 Å². The smallest absolute Gasteiger partial charge is 0.161 e. The summed E-state index contributed by atoms with van der Waals surface area (Å²) in [6, 6.07) is 13.5. The van der Waals surface area contributed by atoms with Crippen molar-refractivity contribution in [2.24, 2.45) is 5.10 Å². The molecule has 0 radical (unpaired) electrons. The Kier molecular flexibility index (Phi) is 5.01. The molecule has 104 valence electrons. The molecule has 0 aliphatic carbocycles. The number of anilines is 1. The van der Waals surface area contributed by atoms with Crippen LogP contribution in [0.2, 0.25) is 0 Å². The molecule has 4 nitrogen and oxygen atoms in total. The second-order valence-electron chi connectivity index (χ2n) is 3.96. The van der Waals surface area contributed by atoms with Crippen molar-refractivity contribution in [2.75, 3.05) is 19.6 Å². The Bertz CT molecular complexity index is 600. The maximum absolute atomic E-state index is 5.27. The maximum Gasteiger partial charge on any atom is 0.161 e. The summed E-state index contributed by atoms with van der Waals surface area (Å²) in [5, 5.41) is 4.20. The zero-order chi connectivity index (χ0) is 14.4. The highest BCUT2D eigenvalue weighted by atomic mass is 79.9. The number of methoxy groups -OCH3 is 2. The summed E-state index contributed by atoms with van der Waals surface area (Å²) in [5.74, 6) is 1.34.